The molecule has 0 saturated heterocycles. The highest BCUT2D eigenvalue weighted by Gasteiger charge is 2.34. The van der Waals surface area contributed by atoms with E-state index in [2.05, 4.69) is 21.2 Å². The molecule has 10 heteroatoms. The minimum atomic E-state index is -4.16. The van der Waals surface area contributed by atoms with Crippen molar-refractivity contribution in [1.82, 2.24) is 10.2 Å². The molecule has 7 nitrogen and oxygen atoms in total. The van der Waals surface area contributed by atoms with Crippen LogP contribution in [0.1, 0.15) is 25.0 Å². The highest BCUT2D eigenvalue weighted by atomic mass is 79.9. The molecule has 1 N–H and O–H groups in total. The van der Waals surface area contributed by atoms with Crippen molar-refractivity contribution in [3.8, 4) is 0 Å². The Hall–Kier alpha value is -3.66. The first-order valence-electron chi connectivity index (χ1n) is 14.2. The van der Waals surface area contributed by atoms with Crippen LogP contribution in [0.3, 0.4) is 0 Å². The minimum Gasteiger partial charge on any atom is -0.354 e. The van der Waals surface area contributed by atoms with Gasteiger partial charge in [-0.15, -0.1) is 0 Å². The number of anilines is 1. The summed E-state index contributed by atoms with van der Waals surface area (Å²) in [5, 5.41) is 3.42. The number of sulfonamides is 1. The predicted octanol–water partition coefficient (Wildman–Crippen LogP) is 6.71. The van der Waals surface area contributed by atoms with Crippen molar-refractivity contribution in [2.75, 3.05) is 17.4 Å². The van der Waals surface area contributed by atoms with Gasteiger partial charge < -0.3 is 10.2 Å². The lowest BCUT2D eigenvalue weighted by Crippen LogP contribution is -2.53. The number of nitrogens with one attached hydrogen (secondary N) is 1. The molecule has 1 unspecified atom stereocenters. The zero-order valence-corrected chi connectivity index (χ0v) is 27.7. The zero-order chi connectivity index (χ0) is 31.7. The van der Waals surface area contributed by atoms with Crippen molar-refractivity contribution in [3.05, 3.63) is 130 Å². The highest BCUT2D eigenvalue weighted by Crippen LogP contribution is 2.26. The number of carbonyl (C=O) groups excluding carboxylic acids is 2. The molecule has 0 aliphatic heterocycles. The maximum absolute atomic E-state index is 14.4. The Morgan fingerprint density at radius 2 is 1.41 bits per heavy atom. The van der Waals surface area contributed by atoms with Gasteiger partial charge in [0.1, 0.15) is 12.6 Å². The van der Waals surface area contributed by atoms with Gasteiger partial charge in [0.15, 0.2) is 0 Å². The summed E-state index contributed by atoms with van der Waals surface area (Å²) in [6.45, 7) is 3.99. The SMILES string of the molecule is CC(C)CNC(=O)C(Cc1ccccc1)N(Cc1ccc(Br)cc1)C(=O)CN(c1ccc(Cl)cc1)S(=O)(=O)c1ccccc1. The first-order valence-corrected chi connectivity index (χ1v) is 16.8. The summed E-state index contributed by atoms with van der Waals surface area (Å²) in [7, 11) is -4.16. The van der Waals surface area contributed by atoms with Crippen LogP contribution in [0.15, 0.2) is 119 Å². The van der Waals surface area contributed by atoms with Gasteiger partial charge in [0.25, 0.3) is 10.0 Å². The van der Waals surface area contributed by atoms with E-state index >= 15 is 0 Å². The average molecular weight is 697 g/mol. The van der Waals surface area contributed by atoms with Gasteiger partial charge in [0.2, 0.25) is 11.8 Å². The lowest BCUT2D eigenvalue weighted by atomic mass is 10.0. The number of benzene rings is 4. The fourth-order valence-electron chi connectivity index (χ4n) is 4.62. The van der Waals surface area contributed by atoms with Crippen molar-refractivity contribution in [2.24, 2.45) is 5.92 Å². The number of rotatable bonds is 13. The molecule has 0 bridgehead atoms. The fourth-order valence-corrected chi connectivity index (χ4v) is 6.44. The normalized spacial score (nSPS) is 12.0. The molecule has 0 aromatic heterocycles. The summed E-state index contributed by atoms with van der Waals surface area (Å²) >= 11 is 9.57. The molecule has 0 aliphatic carbocycles. The van der Waals surface area contributed by atoms with Crippen LogP contribution in [0.2, 0.25) is 5.02 Å². The molecule has 44 heavy (non-hydrogen) atoms. The molecule has 0 saturated carbocycles. The van der Waals surface area contributed by atoms with E-state index < -0.39 is 28.5 Å². The van der Waals surface area contributed by atoms with Gasteiger partial charge in [-0.1, -0.05) is 102 Å². The molecule has 0 radical (unpaired) electrons. The minimum absolute atomic E-state index is 0.0396. The Balaban J connectivity index is 1.78. The maximum atomic E-state index is 14.4. The average Bonchev–Trinajstić information content (AvgIpc) is 3.02. The zero-order valence-electron chi connectivity index (χ0n) is 24.6. The largest absolute Gasteiger partial charge is 0.354 e. The van der Waals surface area contributed by atoms with Gasteiger partial charge in [-0.2, -0.15) is 0 Å². The van der Waals surface area contributed by atoms with Crippen molar-refractivity contribution < 1.29 is 18.0 Å². The predicted molar refractivity (Wildman–Crippen MR) is 179 cm³/mol. The standard InChI is InChI=1S/C34H35BrClN3O4S/c1-25(2)22-37-34(41)32(21-26-9-5-3-6-10-26)38(23-27-13-15-28(35)16-14-27)33(40)24-39(30-19-17-29(36)18-20-30)44(42,43)31-11-7-4-8-12-31/h3-20,25,32H,21-24H2,1-2H3,(H,37,41). The first-order chi connectivity index (χ1) is 21.0. The molecule has 0 aliphatic rings. The van der Waals surface area contributed by atoms with Crippen molar-refractivity contribution in [2.45, 2.75) is 37.8 Å². The monoisotopic (exact) mass is 695 g/mol. The molecule has 4 rings (SSSR count). The second-order valence-corrected chi connectivity index (χ2v) is 14.0. The van der Waals surface area contributed by atoms with Crippen LogP contribution < -0.4 is 9.62 Å². The molecule has 0 spiro atoms. The number of amides is 2. The molecular weight excluding hydrogens is 662 g/mol. The van der Waals surface area contributed by atoms with Gasteiger partial charge >= 0.3 is 0 Å². The van der Waals surface area contributed by atoms with Gasteiger partial charge in [0, 0.05) is 29.0 Å². The Morgan fingerprint density at radius 1 is 0.818 bits per heavy atom. The number of carbonyl (C=O) groups is 2. The number of hydrogen-bond acceptors (Lipinski definition) is 4. The van der Waals surface area contributed by atoms with E-state index in [0.717, 1.165) is 19.9 Å². The van der Waals surface area contributed by atoms with Crippen LogP contribution in [0, 0.1) is 5.92 Å². The quantitative estimate of drug-likeness (QED) is 0.168. The molecule has 0 fully saturated rings. The summed E-state index contributed by atoms with van der Waals surface area (Å²) < 4.78 is 29.9. The topological polar surface area (TPSA) is 86.8 Å². The molecule has 4 aromatic rings. The molecule has 2 amide bonds. The van der Waals surface area contributed by atoms with Crippen LogP contribution in [0.25, 0.3) is 0 Å². The smallest absolute Gasteiger partial charge is 0.264 e. The lowest BCUT2D eigenvalue weighted by Gasteiger charge is -2.34. The summed E-state index contributed by atoms with van der Waals surface area (Å²) in [6, 6.07) is 30.3. The molecule has 230 valence electrons. The van der Waals surface area contributed by atoms with E-state index in [-0.39, 0.29) is 35.4 Å². The van der Waals surface area contributed by atoms with Gasteiger partial charge in [-0.05, 0) is 65.6 Å². The van der Waals surface area contributed by atoms with Crippen LogP contribution in [0.4, 0.5) is 5.69 Å². The van der Waals surface area contributed by atoms with Crippen LogP contribution in [0.5, 0.6) is 0 Å². The van der Waals surface area contributed by atoms with Gasteiger partial charge in [0.05, 0.1) is 10.6 Å². The number of halogens is 2. The Kier molecular flexibility index (Phi) is 11.6. The van der Waals surface area contributed by atoms with E-state index in [0.29, 0.717) is 11.6 Å². The molecular formula is C34H35BrClN3O4S. The number of nitrogens with zero attached hydrogens (tertiary/aromatic N) is 2. The van der Waals surface area contributed by atoms with E-state index in [9.17, 15) is 18.0 Å². The molecule has 0 heterocycles. The highest BCUT2D eigenvalue weighted by molar-refractivity contribution is 9.10. The van der Waals surface area contributed by atoms with Gasteiger partial charge in [-0.25, -0.2) is 8.42 Å². The second kappa shape index (κ2) is 15.4. The third-order valence-corrected chi connectivity index (χ3v) is 9.52. The Morgan fingerprint density at radius 3 is 2.00 bits per heavy atom. The van der Waals surface area contributed by atoms with Gasteiger partial charge in [-0.3, -0.25) is 13.9 Å². The van der Waals surface area contributed by atoms with Crippen molar-refractivity contribution in [3.63, 3.8) is 0 Å². The number of hydrogen-bond donors (Lipinski definition) is 1. The first kappa shape index (κ1) is 33.2. The summed E-state index contributed by atoms with van der Waals surface area (Å²) in [6.07, 6.45) is 0.249. The van der Waals surface area contributed by atoms with E-state index in [1.807, 2.05) is 68.4 Å². The second-order valence-electron chi connectivity index (χ2n) is 10.8. The van der Waals surface area contributed by atoms with E-state index in [1.165, 1.54) is 17.0 Å². The van der Waals surface area contributed by atoms with Crippen molar-refractivity contribution in [1.29, 1.82) is 0 Å². The third kappa shape index (κ3) is 8.94. The molecule has 4 aromatic carbocycles. The van der Waals surface area contributed by atoms with E-state index in [1.54, 1.807) is 42.5 Å². The van der Waals surface area contributed by atoms with Crippen molar-refractivity contribution >= 4 is 55.1 Å². The summed E-state index contributed by atoms with van der Waals surface area (Å²) in [4.78, 5) is 29.7. The molecule has 1 atom stereocenters. The van der Waals surface area contributed by atoms with Crippen LogP contribution in [-0.4, -0.2) is 44.3 Å². The van der Waals surface area contributed by atoms with E-state index in [4.69, 9.17) is 11.6 Å². The summed E-state index contributed by atoms with van der Waals surface area (Å²) in [5.41, 5.74) is 1.94. The summed E-state index contributed by atoms with van der Waals surface area (Å²) in [5.74, 6) is -0.636. The lowest BCUT2D eigenvalue weighted by molar-refractivity contribution is -0.140. The Labute approximate surface area is 273 Å². The fraction of sp³-hybridized carbons (Fsp3) is 0.235. The maximum Gasteiger partial charge on any atom is 0.264 e. The van der Waals surface area contributed by atoms with Crippen LogP contribution in [-0.2, 0) is 32.6 Å². The Bertz CT molecular complexity index is 1640. The van der Waals surface area contributed by atoms with Crippen LogP contribution >= 0.6 is 27.5 Å². The third-order valence-electron chi connectivity index (χ3n) is 6.95.